The van der Waals surface area contributed by atoms with Crippen LogP contribution in [0.1, 0.15) is 79.1 Å². The normalized spacial score (nSPS) is 33.2. The zero-order chi connectivity index (χ0) is 15.0. The highest BCUT2D eigenvalue weighted by Crippen LogP contribution is 2.55. The molecule has 0 saturated heterocycles. The Kier molecular flexibility index (Phi) is 4.44. The molecule has 0 amide bonds. The van der Waals surface area contributed by atoms with Crippen LogP contribution in [0.25, 0.3) is 0 Å². The van der Waals surface area contributed by atoms with Gasteiger partial charge in [0.1, 0.15) is 5.78 Å². The summed E-state index contributed by atoms with van der Waals surface area (Å²) in [5.74, 6) is 0.786. The van der Waals surface area contributed by atoms with E-state index >= 15 is 0 Å². The molecule has 2 aliphatic carbocycles. The molecule has 0 spiro atoms. The molecule has 2 heteroatoms. The molecular weight excluding hydrogens is 248 g/mol. The van der Waals surface area contributed by atoms with Gasteiger partial charge in [0.25, 0.3) is 0 Å². The Morgan fingerprint density at radius 1 is 1.40 bits per heavy atom. The second kappa shape index (κ2) is 5.63. The summed E-state index contributed by atoms with van der Waals surface area (Å²) in [6, 6.07) is 0. The van der Waals surface area contributed by atoms with Crippen LogP contribution < -0.4 is 0 Å². The number of fused-ring (bicyclic) bond motifs is 1. The maximum Gasteiger partial charge on any atom is 0.136 e. The topological polar surface area (TPSA) is 37.3 Å². The maximum absolute atomic E-state index is 12.1. The Labute approximate surface area is 123 Å². The Morgan fingerprint density at radius 2 is 2.10 bits per heavy atom. The minimum absolute atomic E-state index is 0.147. The first-order chi connectivity index (χ1) is 9.24. The number of hydrogen-bond acceptors (Lipinski definition) is 2. The van der Waals surface area contributed by atoms with E-state index in [1.54, 1.807) is 5.57 Å². The van der Waals surface area contributed by atoms with E-state index in [-0.39, 0.29) is 11.3 Å². The number of aliphatic hydroxyl groups is 1. The van der Waals surface area contributed by atoms with Crippen molar-refractivity contribution in [3.63, 3.8) is 0 Å². The SMILES string of the molecule is CC(CCCC(C)(C)O)=C1CC[C@H]2C(=O)CCC[C@]12C. The summed E-state index contributed by atoms with van der Waals surface area (Å²) in [4.78, 5) is 12.1. The number of Topliss-reactive ketones (excluding diaryl/α,β-unsaturated/α-hetero) is 1. The van der Waals surface area contributed by atoms with E-state index in [1.807, 2.05) is 13.8 Å². The van der Waals surface area contributed by atoms with E-state index in [9.17, 15) is 9.90 Å². The first-order valence-electron chi connectivity index (χ1n) is 8.18. The van der Waals surface area contributed by atoms with Crippen LogP contribution in [0.4, 0.5) is 0 Å². The Hall–Kier alpha value is -0.630. The summed E-state index contributed by atoms with van der Waals surface area (Å²) < 4.78 is 0. The van der Waals surface area contributed by atoms with Gasteiger partial charge in [-0.25, -0.2) is 0 Å². The standard InChI is InChI=1S/C18H30O2/c1-13(7-5-11-17(2,3)20)14-9-10-15-16(19)8-6-12-18(14,15)4/h15,20H,5-12H2,1-4H3/t15-,18+/m0/s1. The third kappa shape index (κ3) is 3.16. The van der Waals surface area contributed by atoms with Crippen LogP contribution in [-0.4, -0.2) is 16.5 Å². The van der Waals surface area contributed by atoms with Gasteiger partial charge in [0.2, 0.25) is 0 Å². The lowest BCUT2D eigenvalue weighted by Crippen LogP contribution is -2.34. The van der Waals surface area contributed by atoms with Crippen LogP contribution in [0.5, 0.6) is 0 Å². The van der Waals surface area contributed by atoms with Crippen LogP contribution in [0.15, 0.2) is 11.1 Å². The smallest absolute Gasteiger partial charge is 0.136 e. The van der Waals surface area contributed by atoms with Gasteiger partial charge in [-0.2, -0.15) is 0 Å². The molecule has 2 nitrogen and oxygen atoms in total. The molecule has 2 saturated carbocycles. The summed E-state index contributed by atoms with van der Waals surface area (Å²) >= 11 is 0. The molecule has 1 N–H and O–H groups in total. The Bertz CT molecular complexity index is 414. The van der Waals surface area contributed by atoms with Gasteiger partial charge in [0.05, 0.1) is 5.60 Å². The van der Waals surface area contributed by atoms with Crippen molar-refractivity contribution in [1.82, 2.24) is 0 Å². The minimum atomic E-state index is -0.562. The predicted molar refractivity (Wildman–Crippen MR) is 82.5 cm³/mol. The van der Waals surface area contributed by atoms with Gasteiger partial charge >= 0.3 is 0 Å². The first-order valence-corrected chi connectivity index (χ1v) is 8.18. The van der Waals surface area contributed by atoms with Crippen LogP contribution in [0.2, 0.25) is 0 Å². The third-order valence-electron chi connectivity index (χ3n) is 5.50. The molecule has 0 aromatic heterocycles. The van der Waals surface area contributed by atoms with Crippen LogP contribution >= 0.6 is 0 Å². The molecule has 2 fully saturated rings. The van der Waals surface area contributed by atoms with Crippen LogP contribution in [0.3, 0.4) is 0 Å². The van der Waals surface area contributed by atoms with E-state index in [2.05, 4.69) is 13.8 Å². The number of ketones is 1. The molecule has 0 aromatic carbocycles. The number of allylic oxidation sites excluding steroid dienone is 2. The Balaban J connectivity index is 2.07. The highest BCUT2D eigenvalue weighted by molar-refractivity contribution is 5.84. The van der Waals surface area contributed by atoms with Crippen molar-refractivity contribution in [1.29, 1.82) is 0 Å². The van der Waals surface area contributed by atoms with Gasteiger partial charge in [-0.1, -0.05) is 18.1 Å². The quantitative estimate of drug-likeness (QED) is 0.773. The first kappa shape index (κ1) is 15.8. The molecule has 2 aliphatic rings. The molecular formula is C18H30O2. The van der Waals surface area contributed by atoms with Gasteiger partial charge in [-0.05, 0) is 71.1 Å². The molecule has 0 unspecified atom stereocenters. The summed E-state index contributed by atoms with van der Waals surface area (Å²) in [5.41, 5.74) is 2.63. The third-order valence-corrected chi connectivity index (χ3v) is 5.50. The van der Waals surface area contributed by atoms with Gasteiger partial charge < -0.3 is 5.11 Å². The fourth-order valence-electron chi connectivity index (χ4n) is 4.39. The van der Waals surface area contributed by atoms with Crippen molar-refractivity contribution >= 4 is 5.78 Å². The largest absolute Gasteiger partial charge is 0.390 e. The summed E-state index contributed by atoms with van der Waals surface area (Å²) in [5, 5.41) is 9.81. The molecule has 114 valence electrons. The van der Waals surface area contributed by atoms with Crippen molar-refractivity contribution in [2.45, 2.75) is 84.7 Å². The zero-order valence-corrected chi connectivity index (χ0v) is 13.6. The van der Waals surface area contributed by atoms with Crippen molar-refractivity contribution in [2.75, 3.05) is 0 Å². The van der Waals surface area contributed by atoms with Crippen molar-refractivity contribution < 1.29 is 9.90 Å². The molecule has 2 atom stereocenters. The summed E-state index contributed by atoms with van der Waals surface area (Å²) in [6.45, 7) is 8.31. The van der Waals surface area contributed by atoms with Crippen molar-refractivity contribution in [2.24, 2.45) is 11.3 Å². The maximum atomic E-state index is 12.1. The highest BCUT2D eigenvalue weighted by atomic mass is 16.3. The monoisotopic (exact) mass is 278 g/mol. The van der Waals surface area contributed by atoms with Gasteiger partial charge in [0, 0.05) is 12.3 Å². The average Bonchev–Trinajstić information content (AvgIpc) is 2.66. The van der Waals surface area contributed by atoms with Crippen LogP contribution in [-0.2, 0) is 4.79 Å². The Morgan fingerprint density at radius 3 is 2.75 bits per heavy atom. The van der Waals surface area contributed by atoms with E-state index in [0.717, 1.165) is 44.9 Å². The molecule has 0 bridgehead atoms. The molecule has 0 aromatic rings. The number of rotatable bonds is 4. The fourth-order valence-corrected chi connectivity index (χ4v) is 4.39. The van der Waals surface area contributed by atoms with Crippen molar-refractivity contribution in [3.8, 4) is 0 Å². The lowest BCUT2D eigenvalue weighted by Gasteiger charge is -2.37. The molecule has 2 rings (SSSR count). The van der Waals surface area contributed by atoms with E-state index in [4.69, 9.17) is 0 Å². The summed E-state index contributed by atoms with van der Waals surface area (Å²) in [7, 11) is 0. The molecule has 0 heterocycles. The molecule has 20 heavy (non-hydrogen) atoms. The molecule has 0 radical (unpaired) electrons. The zero-order valence-electron chi connectivity index (χ0n) is 13.6. The molecule has 0 aliphatic heterocycles. The van der Waals surface area contributed by atoms with Gasteiger partial charge in [-0.15, -0.1) is 0 Å². The number of hydrogen-bond donors (Lipinski definition) is 1. The lowest BCUT2D eigenvalue weighted by atomic mass is 9.66. The van der Waals surface area contributed by atoms with E-state index in [0.29, 0.717) is 5.78 Å². The second-order valence-corrected chi connectivity index (χ2v) is 7.75. The number of carbonyl (C=O) groups is 1. The average molecular weight is 278 g/mol. The van der Waals surface area contributed by atoms with Crippen molar-refractivity contribution in [3.05, 3.63) is 11.1 Å². The second-order valence-electron chi connectivity index (χ2n) is 7.75. The van der Waals surface area contributed by atoms with Crippen LogP contribution in [0, 0.1) is 11.3 Å². The fraction of sp³-hybridized carbons (Fsp3) is 0.833. The van der Waals surface area contributed by atoms with E-state index < -0.39 is 5.60 Å². The van der Waals surface area contributed by atoms with Gasteiger partial charge in [-0.3, -0.25) is 4.79 Å². The number of carbonyl (C=O) groups excluding carboxylic acids is 1. The van der Waals surface area contributed by atoms with E-state index in [1.165, 1.54) is 12.0 Å². The lowest BCUT2D eigenvalue weighted by molar-refractivity contribution is -0.127. The van der Waals surface area contributed by atoms with Gasteiger partial charge in [0.15, 0.2) is 0 Å². The predicted octanol–water partition coefficient (Wildman–Crippen LogP) is 4.41. The minimum Gasteiger partial charge on any atom is -0.390 e. The summed E-state index contributed by atoms with van der Waals surface area (Å²) in [6.07, 6.45) is 8.16. The highest BCUT2D eigenvalue weighted by Gasteiger charge is 2.48.